The number of alkyl halides is 3. The number of ether oxygens (including phenoxy) is 1. The summed E-state index contributed by atoms with van der Waals surface area (Å²) in [5, 5.41) is -0.269. The van der Waals surface area contributed by atoms with Crippen molar-refractivity contribution in [1.82, 2.24) is 4.90 Å². The SMILES string of the molecule is CCSC1C(=O)N(Cc2ccccc2N(Cc2ccc(OC)cc2)S(=O)(=O)C(F)(F)F)CC1(C)C. The molecule has 0 saturated carbocycles. The van der Waals surface area contributed by atoms with E-state index in [4.69, 9.17) is 4.74 Å². The molecule has 1 saturated heterocycles. The number of likely N-dealkylation sites (tertiary alicyclic amines) is 1. The van der Waals surface area contributed by atoms with Crippen molar-refractivity contribution in [3.05, 3.63) is 59.7 Å². The van der Waals surface area contributed by atoms with Crippen molar-refractivity contribution < 1.29 is 31.1 Å². The molecule has 0 bridgehead atoms. The van der Waals surface area contributed by atoms with Gasteiger partial charge in [0.2, 0.25) is 5.91 Å². The Morgan fingerprint density at radius 1 is 1.14 bits per heavy atom. The summed E-state index contributed by atoms with van der Waals surface area (Å²) in [4.78, 5) is 14.7. The molecule has 2 aromatic rings. The first kappa shape index (κ1) is 27.2. The van der Waals surface area contributed by atoms with E-state index >= 15 is 0 Å². The number of para-hydroxylation sites is 1. The van der Waals surface area contributed by atoms with Crippen molar-refractivity contribution in [3.63, 3.8) is 0 Å². The highest BCUT2D eigenvalue weighted by Crippen LogP contribution is 2.41. The number of benzene rings is 2. The molecule has 1 aliphatic rings. The minimum Gasteiger partial charge on any atom is -0.497 e. The number of sulfonamides is 1. The maximum absolute atomic E-state index is 13.7. The van der Waals surface area contributed by atoms with Crippen LogP contribution >= 0.6 is 11.8 Å². The summed E-state index contributed by atoms with van der Waals surface area (Å²) in [5.41, 5.74) is -5.27. The highest BCUT2D eigenvalue weighted by molar-refractivity contribution is 8.00. The molecule has 1 unspecified atom stereocenters. The summed E-state index contributed by atoms with van der Waals surface area (Å²) >= 11 is 1.53. The number of thioether (sulfide) groups is 1. The van der Waals surface area contributed by atoms with E-state index in [2.05, 4.69) is 0 Å². The van der Waals surface area contributed by atoms with E-state index < -0.39 is 22.1 Å². The van der Waals surface area contributed by atoms with Crippen LogP contribution in [0.3, 0.4) is 0 Å². The molecule has 0 N–H and O–H groups in total. The predicted molar refractivity (Wildman–Crippen MR) is 132 cm³/mol. The van der Waals surface area contributed by atoms with Crippen LogP contribution in [0.25, 0.3) is 0 Å². The van der Waals surface area contributed by atoms with Gasteiger partial charge in [0.15, 0.2) is 0 Å². The molecule has 0 spiro atoms. The Morgan fingerprint density at radius 2 is 1.77 bits per heavy atom. The Bertz CT molecular complexity index is 1150. The molecule has 1 amide bonds. The van der Waals surface area contributed by atoms with Gasteiger partial charge in [-0.05, 0) is 35.1 Å². The molecule has 1 aliphatic heterocycles. The molecule has 0 radical (unpaired) electrons. The Labute approximate surface area is 208 Å². The number of amides is 1. The third-order valence-corrected chi connectivity index (χ3v) is 8.86. The van der Waals surface area contributed by atoms with Gasteiger partial charge >= 0.3 is 15.5 Å². The smallest absolute Gasteiger partial charge is 0.497 e. The van der Waals surface area contributed by atoms with Crippen molar-refractivity contribution in [2.24, 2.45) is 5.41 Å². The van der Waals surface area contributed by atoms with Crippen LogP contribution in [0.5, 0.6) is 5.75 Å². The van der Waals surface area contributed by atoms with Crippen molar-refractivity contribution in [2.75, 3.05) is 23.7 Å². The number of carbonyl (C=O) groups excluding carboxylic acids is 1. The second-order valence-electron chi connectivity index (χ2n) is 8.95. The van der Waals surface area contributed by atoms with Crippen molar-refractivity contribution in [1.29, 1.82) is 0 Å². The summed E-state index contributed by atoms with van der Waals surface area (Å²) < 4.78 is 71.9. The first-order chi connectivity index (χ1) is 16.3. The molecule has 1 heterocycles. The van der Waals surface area contributed by atoms with E-state index in [1.54, 1.807) is 29.2 Å². The van der Waals surface area contributed by atoms with Crippen LogP contribution in [0.1, 0.15) is 31.9 Å². The van der Waals surface area contributed by atoms with Gasteiger partial charge < -0.3 is 9.64 Å². The van der Waals surface area contributed by atoms with E-state index in [0.717, 1.165) is 5.75 Å². The number of methoxy groups -OCH3 is 1. The van der Waals surface area contributed by atoms with E-state index in [1.807, 2.05) is 20.8 Å². The molecular formula is C24H29F3N2O4S2. The number of anilines is 1. The summed E-state index contributed by atoms with van der Waals surface area (Å²) in [6.45, 7) is 5.82. The maximum atomic E-state index is 13.7. The van der Waals surface area contributed by atoms with Crippen LogP contribution in [-0.2, 0) is 27.9 Å². The summed E-state index contributed by atoms with van der Waals surface area (Å²) in [6, 6.07) is 12.1. The standard InChI is InChI=1S/C24H29F3N2O4S2/c1-5-34-21-22(30)28(16-23(21,2)3)15-18-8-6-7-9-20(18)29(35(31,32)24(25,26)27)14-17-10-12-19(33-4)13-11-17/h6-13,21H,5,14-16H2,1-4H3. The number of hydrogen-bond donors (Lipinski definition) is 0. The molecule has 0 aromatic heterocycles. The largest absolute Gasteiger partial charge is 0.516 e. The zero-order chi connectivity index (χ0) is 26.0. The predicted octanol–water partition coefficient (Wildman–Crippen LogP) is 5.04. The third kappa shape index (κ3) is 5.72. The quantitative estimate of drug-likeness (QED) is 0.454. The monoisotopic (exact) mass is 530 g/mol. The van der Waals surface area contributed by atoms with E-state index in [1.165, 1.54) is 43.1 Å². The fraction of sp³-hybridized carbons (Fsp3) is 0.458. The van der Waals surface area contributed by atoms with Gasteiger partial charge in [-0.1, -0.05) is 51.1 Å². The fourth-order valence-corrected chi connectivity index (χ4v) is 6.32. The molecule has 1 fully saturated rings. The molecule has 35 heavy (non-hydrogen) atoms. The second kappa shape index (κ2) is 10.3. The van der Waals surface area contributed by atoms with Crippen LogP contribution in [0.4, 0.5) is 18.9 Å². The molecule has 1 atom stereocenters. The average Bonchev–Trinajstić information content (AvgIpc) is 3.00. The lowest BCUT2D eigenvalue weighted by Crippen LogP contribution is -2.41. The molecule has 0 aliphatic carbocycles. The zero-order valence-corrected chi connectivity index (χ0v) is 21.6. The van der Waals surface area contributed by atoms with E-state index in [-0.39, 0.29) is 28.8 Å². The highest BCUT2D eigenvalue weighted by atomic mass is 32.2. The van der Waals surface area contributed by atoms with Gasteiger partial charge in [0, 0.05) is 18.5 Å². The molecule has 2 aromatic carbocycles. The molecule has 3 rings (SSSR count). The number of carbonyl (C=O) groups is 1. The lowest BCUT2D eigenvalue weighted by atomic mass is 9.92. The zero-order valence-electron chi connectivity index (χ0n) is 20.0. The van der Waals surface area contributed by atoms with Gasteiger partial charge in [-0.3, -0.25) is 9.10 Å². The van der Waals surface area contributed by atoms with Crippen molar-refractivity contribution >= 4 is 33.4 Å². The van der Waals surface area contributed by atoms with Gasteiger partial charge in [-0.25, -0.2) is 0 Å². The number of nitrogens with zero attached hydrogens (tertiary/aromatic N) is 2. The highest BCUT2D eigenvalue weighted by Gasteiger charge is 2.51. The molecular weight excluding hydrogens is 501 g/mol. The molecule has 11 heteroatoms. The second-order valence-corrected chi connectivity index (χ2v) is 12.2. The fourth-order valence-electron chi connectivity index (χ4n) is 4.16. The number of halogens is 3. The van der Waals surface area contributed by atoms with Gasteiger partial charge in [0.1, 0.15) is 5.75 Å². The summed E-state index contributed by atoms with van der Waals surface area (Å²) in [6.07, 6.45) is 0. The first-order valence-corrected chi connectivity index (χ1v) is 13.5. The Hall–Kier alpha value is -2.40. The lowest BCUT2D eigenvalue weighted by molar-refractivity contribution is -0.127. The van der Waals surface area contributed by atoms with Crippen LogP contribution in [0, 0.1) is 5.41 Å². The normalized spacial score (nSPS) is 18.1. The summed E-state index contributed by atoms with van der Waals surface area (Å²) in [7, 11) is -4.27. The molecule has 192 valence electrons. The third-order valence-electron chi connectivity index (χ3n) is 5.87. The summed E-state index contributed by atoms with van der Waals surface area (Å²) in [5.74, 6) is 1.15. The van der Waals surface area contributed by atoms with Crippen LogP contribution in [-0.4, -0.2) is 49.4 Å². The van der Waals surface area contributed by atoms with Gasteiger partial charge in [0.05, 0.1) is 24.6 Å². The average molecular weight is 531 g/mol. The molecule has 6 nitrogen and oxygen atoms in total. The van der Waals surface area contributed by atoms with Crippen molar-refractivity contribution in [2.45, 2.75) is 44.6 Å². The maximum Gasteiger partial charge on any atom is 0.516 e. The van der Waals surface area contributed by atoms with Crippen LogP contribution < -0.4 is 9.04 Å². The van der Waals surface area contributed by atoms with Crippen LogP contribution in [0.15, 0.2) is 48.5 Å². The van der Waals surface area contributed by atoms with Gasteiger partial charge in [-0.2, -0.15) is 21.6 Å². The van der Waals surface area contributed by atoms with Gasteiger partial charge in [0.25, 0.3) is 0 Å². The van der Waals surface area contributed by atoms with E-state index in [0.29, 0.717) is 27.7 Å². The number of rotatable bonds is 9. The van der Waals surface area contributed by atoms with E-state index in [9.17, 15) is 26.4 Å². The van der Waals surface area contributed by atoms with Crippen LogP contribution in [0.2, 0.25) is 0 Å². The number of hydrogen-bond acceptors (Lipinski definition) is 5. The topological polar surface area (TPSA) is 66.9 Å². The minimum atomic E-state index is -5.72. The Morgan fingerprint density at radius 3 is 2.34 bits per heavy atom. The Kier molecular flexibility index (Phi) is 8.00. The minimum absolute atomic E-state index is 0.00566. The van der Waals surface area contributed by atoms with Gasteiger partial charge in [-0.15, -0.1) is 11.8 Å². The lowest BCUT2D eigenvalue weighted by Gasteiger charge is -2.29. The van der Waals surface area contributed by atoms with Crippen molar-refractivity contribution in [3.8, 4) is 5.75 Å². The first-order valence-electron chi connectivity index (χ1n) is 11.0. The Balaban J connectivity index is 2.01.